The molecule has 0 bridgehead atoms. The third-order valence-electron chi connectivity index (χ3n) is 11.5. The zero-order valence-corrected chi connectivity index (χ0v) is 31.1. The maximum Gasteiger partial charge on any atom is 0.213 e. The van der Waals surface area contributed by atoms with Crippen LogP contribution in [0.1, 0.15) is 91.9 Å². The normalized spacial score (nSPS) is 15.0. The molecule has 6 aromatic rings. The van der Waals surface area contributed by atoms with Crippen LogP contribution in [0.25, 0.3) is 44.8 Å². The van der Waals surface area contributed by atoms with Gasteiger partial charge >= 0.3 is 0 Å². The molecule has 0 N–H and O–H groups in total. The Morgan fingerprint density at radius 3 is 1.24 bits per heavy atom. The fourth-order valence-electron chi connectivity index (χ4n) is 8.39. The molecule has 4 aromatic carbocycles. The van der Waals surface area contributed by atoms with E-state index < -0.39 is 0 Å². The summed E-state index contributed by atoms with van der Waals surface area (Å²) in [6.07, 6.45) is 16.7. The molecule has 0 aliphatic heterocycles. The van der Waals surface area contributed by atoms with E-state index in [1.165, 1.54) is 125 Å². The van der Waals surface area contributed by atoms with Crippen molar-refractivity contribution in [2.75, 3.05) is 0 Å². The molecule has 0 amide bonds. The SMILES string of the molecule is Cc1ccccc1-c1cc(-c2cccc(C3CCCC3)c2)cc[n+]1C.Cc1ccccc1-c1cc(-c2cccc(C3CCCCC3)c2)cc[n+]1C. The van der Waals surface area contributed by atoms with Crippen molar-refractivity contribution in [2.24, 2.45) is 14.1 Å². The Bertz CT molecular complexity index is 2090. The first-order chi connectivity index (χ1) is 24.9. The molecule has 0 spiro atoms. The Morgan fingerprint density at radius 2 is 0.804 bits per heavy atom. The van der Waals surface area contributed by atoms with Crippen LogP contribution in [0, 0.1) is 13.8 Å². The topological polar surface area (TPSA) is 7.76 Å². The van der Waals surface area contributed by atoms with Gasteiger partial charge in [-0.1, -0.05) is 117 Å². The van der Waals surface area contributed by atoms with Gasteiger partial charge in [0.15, 0.2) is 12.4 Å². The van der Waals surface area contributed by atoms with E-state index in [4.69, 9.17) is 0 Å². The highest BCUT2D eigenvalue weighted by molar-refractivity contribution is 5.72. The van der Waals surface area contributed by atoms with E-state index in [0.29, 0.717) is 0 Å². The zero-order valence-electron chi connectivity index (χ0n) is 31.1. The second kappa shape index (κ2) is 16.0. The van der Waals surface area contributed by atoms with Crippen molar-refractivity contribution < 1.29 is 9.13 Å². The quantitative estimate of drug-likeness (QED) is 0.156. The number of nitrogens with zero attached hydrogens (tertiary/aromatic N) is 2. The fourth-order valence-corrected chi connectivity index (χ4v) is 8.39. The van der Waals surface area contributed by atoms with Gasteiger partial charge in [0.05, 0.1) is 0 Å². The van der Waals surface area contributed by atoms with Crippen LogP contribution in [0.15, 0.2) is 134 Å². The highest BCUT2D eigenvalue weighted by Crippen LogP contribution is 2.37. The van der Waals surface area contributed by atoms with Crippen LogP contribution in [0.3, 0.4) is 0 Å². The molecule has 258 valence electrons. The van der Waals surface area contributed by atoms with Gasteiger partial charge in [0.2, 0.25) is 11.4 Å². The minimum Gasteiger partial charge on any atom is -0.201 e. The van der Waals surface area contributed by atoms with Gasteiger partial charge in [-0.15, -0.1) is 0 Å². The zero-order chi connectivity index (χ0) is 35.2. The Kier molecular flexibility index (Phi) is 10.9. The molecule has 8 rings (SSSR count). The summed E-state index contributed by atoms with van der Waals surface area (Å²) in [5.41, 5.74) is 16.1. The molecule has 0 saturated heterocycles. The van der Waals surface area contributed by atoms with E-state index in [1.54, 1.807) is 0 Å². The first kappa shape index (κ1) is 34.6. The van der Waals surface area contributed by atoms with Gasteiger partial charge < -0.3 is 0 Å². The minimum atomic E-state index is 0.749. The first-order valence-electron chi connectivity index (χ1n) is 19.3. The molecule has 2 heteroatoms. The Morgan fingerprint density at radius 1 is 0.412 bits per heavy atom. The predicted octanol–water partition coefficient (Wildman–Crippen LogP) is 12.0. The van der Waals surface area contributed by atoms with Crippen LogP contribution in [0.4, 0.5) is 0 Å². The van der Waals surface area contributed by atoms with E-state index in [-0.39, 0.29) is 0 Å². The largest absolute Gasteiger partial charge is 0.213 e. The molecule has 2 aromatic heterocycles. The second-order valence-electron chi connectivity index (χ2n) is 15.0. The maximum atomic E-state index is 2.42. The lowest BCUT2D eigenvalue weighted by Crippen LogP contribution is -2.30. The van der Waals surface area contributed by atoms with Gasteiger partial charge in [-0.25, -0.2) is 9.13 Å². The van der Waals surface area contributed by atoms with Crippen LogP contribution in [-0.2, 0) is 14.1 Å². The molecular weight excluding hydrogens is 617 g/mol. The van der Waals surface area contributed by atoms with Crippen LogP contribution in [0.2, 0.25) is 0 Å². The lowest BCUT2D eigenvalue weighted by atomic mass is 9.83. The third-order valence-corrected chi connectivity index (χ3v) is 11.5. The van der Waals surface area contributed by atoms with Crippen LogP contribution in [-0.4, -0.2) is 0 Å². The molecule has 2 nitrogen and oxygen atoms in total. The molecule has 0 radical (unpaired) electrons. The van der Waals surface area contributed by atoms with Gasteiger partial charge in [-0.2, -0.15) is 0 Å². The Labute approximate surface area is 306 Å². The minimum absolute atomic E-state index is 0.749. The van der Waals surface area contributed by atoms with Gasteiger partial charge in [0.25, 0.3) is 0 Å². The van der Waals surface area contributed by atoms with Gasteiger partial charge in [0, 0.05) is 35.4 Å². The van der Waals surface area contributed by atoms with Crippen molar-refractivity contribution in [1.82, 2.24) is 0 Å². The van der Waals surface area contributed by atoms with E-state index in [2.05, 4.69) is 171 Å². The summed E-state index contributed by atoms with van der Waals surface area (Å²) in [6, 6.07) is 44.8. The summed E-state index contributed by atoms with van der Waals surface area (Å²) in [5, 5.41) is 0. The molecule has 2 heterocycles. The fraction of sp³-hybridized carbons (Fsp3) is 0.306. The smallest absolute Gasteiger partial charge is 0.201 e. The summed E-state index contributed by atoms with van der Waals surface area (Å²) in [6.45, 7) is 4.37. The summed E-state index contributed by atoms with van der Waals surface area (Å²) in [4.78, 5) is 0. The standard InChI is InChI=1S/C25H28N.C24H26N/c1-19-9-6-7-14-24(19)25-18-23(15-16-26(25)2)22-13-8-12-21(17-22)20-10-4-3-5-11-20;1-18-8-3-6-13-23(18)24-17-22(14-15-25(24)2)21-12-7-11-20(16-21)19-9-4-5-10-19/h6-9,12-18,20H,3-5,10-11H2,1-2H3;3,6-8,11-17,19H,4-5,9-10H2,1-2H3/q2*+1. The van der Waals surface area contributed by atoms with E-state index in [9.17, 15) is 0 Å². The van der Waals surface area contributed by atoms with Crippen molar-refractivity contribution in [3.63, 3.8) is 0 Å². The molecule has 2 fully saturated rings. The maximum absolute atomic E-state index is 2.42. The summed E-state index contributed by atoms with van der Waals surface area (Å²) in [5.74, 6) is 1.51. The van der Waals surface area contributed by atoms with Crippen molar-refractivity contribution in [2.45, 2.75) is 83.5 Å². The number of rotatable bonds is 6. The Hall–Kier alpha value is -4.82. The molecule has 2 saturated carbocycles. The number of aryl methyl sites for hydroxylation is 4. The number of hydrogen-bond donors (Lipinski definition) is 0. The molecular formula is C49H54N2+2. The summed E-state index contributed by atoms with van der Waals surface area (Å²) in [7, 11) is 4.25. The first-order valence-corrected chi connectivity index (χ1v) is 19.3. The van der Waals surface area contributed by atoms with E-state index in [0.717, 1.165) is 11.8 Å². The lowest BCUT2D eigenvalue weighted by molar-refractivity contribution is -0.660. The number of pyridine rings is 2. The average molecular weight is 671 g/mol. The molecule has 2 aliphatic carbocycles. The predicted molar refractivity (Wildman–Crippen MR) is 213 cm³/mol. The number of aromatic nitrogens is 2. The van der Waals surface area contributed by atoms with Crippen molar-refractivity contribution in [3.8, 4) is 44.8 Å². The highest BCUT2D eigenvalue weighted by Gasteiger charge is 2.20. The monoisotopic (exact) mass is 670 g/mol. The van der Waals surface area contributed by atoms with Crippen molar-refractivity contribution >= 4 is 0 Å². The molecule has 2 aliphatic rings. The van der Waals surface area contributed by atoms with Crippen LogP contribution < -0.4 is 9.13 Å². The number of benzene rings is 4. The van der Waals surface area contributed by atoms with Gasteiger partial charge in [-0.05, 0) is 108 Å². The Balaban J connectivity index is 0.000000159. The molecule has 0 unspecified atom stereocenters. The van der Waals surface area contributed by atoms with E-state index in [1.807, 2.05) is 0 Å². The highest BCUT2D eigenvalue weighted by atomic mass is 14.9. The summed E-state index contributed by atoms with van der Waals surface area (Å²) < 4.78 is 4.43. The number of hydrogen-bond acceptors (Lipinski definition) is 0. The molecule has 0 atom stereocenters. The summed E-state index contributed by atoms with van der Waals surface area (Å²) >= 11 is 0. The van der Waals surface area contributed by atoms with Gasteiger partial charge in [0.1, 0.15) is 14.1 Å². The lowest BCUT2D eigenvalue weighted by Gasteiger charge is -2.22. The van der Waals surface area contributed by atoms with Crippen LogP contribution in [0.5, 0.6) is 0 Å². The van der Waals surface area contributed by atoms with E-state index >= 15 is 0 Å². The average Bonchev–Trinajstić information content (AvgIpc) is 3.72. The van der Waals surface area contributed by atoms with Crippen LogP contribution >= 0.6 is 0 Å². The second-order valence-corrected chi connectivity index (χ2v) is 15.0. The van der Waals surface area contributed by atoms with Crippen molar-refractivity contribution in [3.05, 3.63) is 156 Å². The third kappa shape index (κ3) is 8.07. The van der Waals surface area contributed by atoms with Gasteiger partial charge in [-0.3, -0.25) is 0 Å². The van der Waals surface area contributed by atoms with Crippen molar-refractivity contribution in [1.29, 1.82) is 0 Å². The molecule has 51 heavy (non-hydrogen) atoms.